The second-order valence-electron chi connectivity index (χ2n) is 15.6. The predicted molar refractivity (Wildman–Crippen MR) is 237 cm³/mol. The Morgan fingerprint density at radius 1 is 0.564 bits per heavy atom. The Hall–Kier alpha value is -6.22. The van der Waals surface area contributed by atoms with Gasteiger partial charge in [0.15, 0.2) is 0 Å². The molecular formula is C53H39NS. The van der Waals surface area contributed by atoms with Gasteiger partial charge in [0.05, 0.1) is 11.4 Å². The van der Waals surface area contributed by atoms with Crippen molar-refractivity contribution in [1.82, 2.24) is 0 Å². The molecule has 0 N–H and O–H groups in total. The zero-order valence-electron chi connectivity index (χ0n) is 31.0. The summed E-state index contributed by atoms with van der Waals surface area (Å²) in [5.74, 6) is 0. The quantitative estimate of drug-likeness (QED) is 0.171. The van der Waals surface area contributed by atoms with E-state index in [9.17, 15) is 0 Å². The first-order chi connectivity index (χ1) is 27.0. The van der Waals surface area contributed by atoms with Gasteiger partial charge >= 0.3 is 0 Å². The van der Waals surface area contributed by atoms with Crippen molar-refractivity contribution in [3.8, 4) is 33.4 Å². The standard InChI is InChI=1S/C53H39NS/c1-53(2)45-22-11-8-20-42(45)50-44(33-37-17-6-7-19-41(37)52(50)53)38-28-27-36-32-39(30-29-35(36)31-38)54(46-23-12-9-18-40(46)34-15-4-3-5-16-34)47-24-14-26-49-51(47)43-21-10-13-25-48(43)55-49/h3-9,11-20,22-33H,10,21H2,1-2H3. The van der Waals surface area contributed by atoms with E-state index < -0.39 is 0 Å². The number of allylic oxidation sites excluding steroid dienone is 1. The van der Waals surface area contributed by atoms with Crippen molar-refractivity contribution in [3.05, 3.63) is 191 Å². The van der Waals surface area contributed by atoms with E-state index in [2.05, 4.69) is 195 Å². The first kappa shape index (κ1) is 32.2. The van der Waals surface area contributed by atoms with Crippen LogP contribution in [-0.4, -0.2) is 0 Å². The third kappa shape index (κ3) is 4.98. The van der Waals surface area contributed by atoms with Crippen LogP contribution >= 0.6 is 11.3 Å². The van der Waals surface area contributed by atoms with Crippen LogP contribution in [0.3, 0.4) is 0 Å². The first-order valence-corrected chi connectivity index (χ1v) is 20.2. The van der Waals surface area contributed by atoms with E-state index in [1.54, 1.807) is 0 Å². The van der Waals surface area contributed by atoms with Gasteiger partial charge in [-0.2, -0.15) is 0 Å². The van der Waals surface area contributed by atoms with Gasteiger partial charge in [-0.05, 0) is 127 Å². The zero-order valence-corrected chi connectivity index (χ0v) is 31.8. The maximum atomic E-state index is 2.51. The summed E-state index contributed by atoms with van der Waals surface area (Å²) in [5, 5.41) is 6.48. The van der Waals surface area contributed by atoms with Crippen molar-refractivity contribution in [2.24, 2.45) is 0 Å². The van der Waals surface area contributed by atoms with Gasteiger partial charge in [0.2, 0.25) is 0 Å². The Labute approximate surface area is 326 Å². The van der Waals surface area contributed by atoms with E-state index in [1.807, 2.05) is 11.3 Å². The molecule has 0 aliphatic heterocycles. The van der Waals surface area contributed by atoms with E-state index in [0.29, 0.717) is 0 Å². The summed E-state index contributed by atoms with van der Waals surface area (Å²) in [6.45, 7) is 4.78. The third-order valence-corrected chi connectivity index (χ3v) is 13.2. The van der Waals surface area contributed by atoms with Gasteiger partial charge in [-0.3, -0.25) is 0 Å². The molecule has 2 aliphatic rings. The minimum absolute atomic E-state index is 0.0896. The van der Waals surface area contributed by atoms with Gasteiger partial charge < -0.3 is 4.90 Å². The van der Waals surface area contributed by atoms with Gasteiger partial charge in [-0.15, -0.1) is 11.3 Å². The topological polar surface area (TPSA) is 3.24 Å². The average molecular weight is 722 g/mol. The minimum atomic E-state index is -0.0896. The molecule has 55 heavy (non-hydrogen) atoms. The van der Waals surface area contributed by atoms with Crippen LogP contribution in [-0.2, 0) is 11.8 Å². The second kappa shape index (κ2) is 12.4. The van der Waals surface area contributed by atoms with Gasteiger partial charge in [-0.1, -0.05) is 141 Å². The Kier molecular flexibility index (Phi) is 7.27. The lowest BCUT2D eigenvalue weighted by molar-refractivity contribution is 0.666. The molecule has 0 fully saturated rings. The zero-order chi connectivity index (χ0) is 36.7. The van der Waals surface area contributed by atoms with Gasteiger partial charge in [0.25, 0.3) is 0 Å². The van der Waals surface area contributed by atoms with Crippen LogP contribution < -0.4 is 4.90 Å². The maximum absolute atomic E-state index is 2.51. The van der Waals surface area contributed by atoms with Crippen LogP contribution in [0.25, 0.3) is 71.1 Å². The number of fused-ring (bicyclic) bond motifs is 9. The molecule has 0 atom stereocenters. The molecule has 0 bridgehead atoms. The summed E-state index contributed by atoms with van der Waals surface area (Å²) >= 11 is 1.92. The second-order valence-corrected chi connectivity index (χ2v) is 16.7. The molecule has 0 saturated heterocycles. The number of benzene rings is 8. The summed E-state index contributed by atoms with van der Waals surface area (Å²) in [7, 11) is 0. The molecule has 1 heterocycles. The van der Waals surface area contributed by atoms with Gasteiger partial charge in [-0.25, -0.2) is 0 Å². The number of hydrogen-bond acceptors (Lipinski definition) is 2. The molecule has 0 saturated carbocycles. The first-order valence-electron chi connectivity index (χ1n) is 19.4. The molecule has 0 radical (unpaired) electrons. The highest BCUT2D eigenvalue weighted by molar-refractivity contribution is 7.20. The highest BCUT2D eigenvalue weighted by Gasteiger charge is 2.38. The van der Waals surface area contributed by atoms with Crippen molar-refractivity contribution in [3.63, 3.8) is 0 Å². The van der Waals surface area contributed by atoms with Crippen molar-refractivity contribution in [1.29, 1.82) is 0 Å². The summed E-state index contributed by atoms with van der Waals surface area (Å²) in [5.41, 5.74) is 15.5. The molecule has 262 valence electrons. The highest BCUT2D eigenvalue weighted by Crippen LogP contribution is 2.55. The highest BCUT2D eigenvalue weighted by atomic mass is 32.1. The number of para-hydroxylation sites is 1. The Morgan fingerprint density at radius 2 is 1.31 bits per heavy atom. The number of anilines is 3. The van der Waals surface area contributed by atoms with E-state index in [4.69, 9.17) is 0 Å². The number of hydrogen-bond donors (Lipinski definition) is 0. The molecule has 0 spiro atoms. The van der Waals surface area contributed by atoms with Gasteiger partial charge in [0, 0.05) is 31.6 Å². The molecule has 0 unspecified atom stereocenters. The van der Waals surface area contributed by atoms with Crippen LogP contribution in [0.5, 0.6) is 0 Å². The Morgan fingerprint density at radius 3 is 2.22 bits per heavy atom. The van der Waals surface area contributed by atoms with Crippen molar-refractivity contribution in [2.45, 2.75) is 32.1 Å². The Bertz CT molecular complexity index is 3020. The number of aryl methyl sites for hydroxylation is 1. The summed E-state index contributed by atoms with van der Waals surface area (Å²) < 4.78 is 1.34. The van der Waals surface area contributed by atoms with Crippen LogP contribution in [0.15, 0.2) is 170 Å². The SMILES string of the molecule is CC1(C)c2ccccc2-c2c(-c3ccc4cc(N(c5ccccc5-c5ccccc5)c5cccc6sc7c(c56)CCC=C7)ccc4c3)cc3ccccc3c21. The fourth-order valence-electron chi connectivity index (χ4n) is 9.56. The molecule has 0 amide bonds. The summed E-state index contributed by atoms with van der Waals surface area (Å²) in [4.78, 5) is 3.90. The molecule has 2 heteroatoms. The smallest absolute Gasteiger partial charge is 0.0551 e. The van der Waals surface area contributed by atoms with E-state index >= 15 is 0 Å². The minimum Gasteiger partial charge on any atom is -0.309 e. The summed E-state index contributed by atoms with van der Waals surface area (Å²) in [6.07, 6.45) is 6.80. The van der Waals surface area contributed by atoms with Crippen LogP contribution in [0.4, 0.5) is 17.1 Å². The monoisotopic (exact) mass is 721 g/mol. The molecule has 8 aromatic carbocycles. The molecule has 9 aromatic rings. The van der Waals surface area contributed by atoms with Crippen LogP contribution in [0.1, 0.15) is 41.8 Å². The molecule has 1 aromatic heterocycles. The fraction of sp³-hybridized carbons (Fsp3) is 0.0943. The van der Waals surface area contributed by atoms with Crippen LogP contribution in [0, 0.1) is 0 Å². The Balaban J connectivity index is 1.11. The fourth-order valence-corrected chi connectivity index (χ4v) is 10.8. The molecule has 11 rings (SSSR count). The lowest BCUT2D eigenvalue weighted by atomic mass is 9.79. The molecular weight excluding hydrogens is 683 g/mol. The normalized spacial score (nSPS) is 13.9. The van der Waals surface area contributed by atoms with E-state index in [0.717, 1.165) is 18.5 Å². The van der Waals surface area contributed by atoms with Crippen molar-refractivity contribution >= 4 is 66.1 Å². The average Bonchev–Trinajstić information content (AvgIpc) is 3.74. The molecule has 2 aliphatic carbocycles. The van der Waals surface area contributed by atoms with E-state index in [-0.39, 0.29) is 5.41 Å². The maximum Gasteiger partial charge on any atom is 0.0551 e. The van der Waals surface area contributed by atoms with Crippen molar-refractivity contribution < 1.29 is 0 Å². The third-order valence-electron chi connectivity index (χ3n) is 12.1. The predicted octanol–water partition coefficient (Wildman–Crippen LogP) is 15.3. The number of thiophene rings is 1. The van der Waals surface area contributed by atoms with Crippen LogP contribution in [0.2, 0.25) is 0 Å². The molecule has 1 nitrogen and oxygen atoms in total. The largest absolute Gasteiger partial charge is 0.309 e. The van der Waals surface area contributed by atoms with E-state index in [1.165, 1.54) is 98.0 Å². The number of nitrogens with zero attached hydrogens (tertiary/aromatic N) is 1. The van der Waals surface area contributed by atoms with Gasteiger partial charge in [0.1, 0.15) is 0 Å². The lowest BCUT2D eigenvalue weighted by Gasteiger charge is -2.29. The lowest BCUT2D eigenvalue weighted by Crippen LogP contribution is -2.15. The number of rotatable bonds is 5. The van der Waals surface area contributed by atoms with Crippen molar-refractivity contribution in [2.75, 3.05) is 4.90 Å². The summed E-state index contributed by atoms with van der Waals surface area (Å²) in [6, 6.07) is 61.0.